The van der Waals surface area contributed by atoms with E-state index in [1.807, 2.05) is 0 Å². The van der Waals surface area contributed by atoms with Crippen LogP contribution in [0.4, 0.5) is 10.2 Å². The summed E-state index contributed by atoms with van der Waals surface area (Å²) in [6, 6.07) is 6.16. The third kappa shape index (κ3) is 5.19. The van der Waals surface area contributed by atoms with E-state index in [2.05, 4.69) is 20.6 Å². The Morgan fingerprint density at radius 2 is 2.18 bits per heavy atom. The minimum absolute atomic E-state index is 0.0968. The molecule has 2 heterocycles. The quantitative estimate of drug-likeness (QED) is 0.359. The molecule has 8 nitrogen and oxygen atoms in total. The number of aliphatic imine (C=N–C) groups is 1. The molecule has 2 aromatic rings. The van der Waals surface area contributed by atoms with Gasteiger partial charge in [-0.25, -0.2) is 14.4 Å². The smallest absolute Gasteiger partial charge is 0.166 e. The summed E-state index contributed by atoms with van der Waals surface area (Å²) >= 11 is 0. The van der Waals surface area contributed by atoms with Crippen LogP contribution in [0.3, 0.4) is 0 Å². The number of halogens is 1. The second-order valence-electron chi connectivity index (χ2n) is 8.37. The Morgan fingerprint density at radius 3 is 2.88 bits per heavy atom. The summed E-state index contributed by atoms with van der Waals surface area (Å²) in [5.41, 5.74) is 9.46. The lowest BCUT2D eigenvalue weighted by Gasteiger charge is -2.23. The van der Waals surface area contributed by atoms with Crippen molar-refractivity contribution in [3.63, 3.8) is 0 Å². The Kier molecular flexibility index (Phi) is 6.39. The zero-order chi connectivity index (χ0) is 23.5. The number of ether oxygens (including phenoxy) is 1. The van der Waals surface area contributed by atoms with Gasteiger partial charge in [0.1, 0.15) is 23.6 Å². The van der Waals surface area contributed by atoms with E-state index in [-0.39, 0.29) is 18.2 Å². The van der Waals surface area contributed by atoms with Crippen LogP contribution < -0.4 is 21.1 Å². The highest BCUT2D eigenvalue weighted by atomic mass is 19.1. The van der Waals surface area contributed by atoms with Gasteiger partial charge in [-0.2, -0.15) is 0 Å². The highest BCUT2D eigenvalue weighted by Crippen LogP contribution is 2.32. The summed E-state index contributed by atoms with van der Waals surface area (Å²) in [6.45, 7) is 4.44. The molecule has 33 heavy (non-hydrogen) atoms. The van der Waals surface area contributed by atoms with Crippen LogP contribution in [0, 0.1) is 22.6 Å². The molecular weight excluding hydrogens is 421 g/mol. The van der Waals surface area contributed by atoms with Crippen molar-refractivity contribution in [3.05, 3.63) is 58.5 Å². The summed E-state index contributed by atoms with van der Waals surface area (Å²) in [5, 5.41) is 22.7. The van der Waals surface area contributed by atoms with Gasteiger partial charge in [-0.15, -0.1) is 0 Å². The number of nitrogen functional groups attached to an aromatic ring is 1. The van der Waals surface area contributed by atoms with Crippen LogP contribution in [-0.2, 0) is 0 Å². The molecular formula is C24H28FN7O. The van der Waals surface area contributed by atoms with Crippen LogP contribution in [-0.4, -0.2) is 36.0 Å². The van der Waals surface area contributed by atoms with Gasteiger partial charge in [-0.3, -0.25) is 5.41 Å². The van der Waals surface area contributed by atoms with Crippen LogP contribution >= 0.6 is 0 Å². The SMILES string of the molecule is CC(=N)/N=C1\NC/C(C=N)=C(/NCC2CC2)c2cnc(N)c(c2)OC(C)c2cc(F)ccc21. The van der Waals surface area contributed by atoms with Gasteiger partial charge in [0.15, 0.2) is 11.6 Å². The zero-order valence-corrected chi connectivity index (χ0v) is 18.7. The number of amidine groups is 2. The molecule has 172 valence electrons. The fraction of sp³-hybridized carbons (Fsp3) is 0.333. The molecule has 1 aromatic heterocycles. The van der Waals surface area contributed by atoms with Crippen LogP contribution in [0.1, 0.15) is 49.5 Å². The fourth-order valence-electron chi connectivity index (χ4n) is 3.75. The molecule has 2 aliphatic rings. The lowest BCUT2D eigenvalue weighted by atomic mass is 10.0. The minimum atomic E-state index is -0.568. The van der Waals surface area contributed by atoms with E-state index in [9.17, 15) is 4.39 Å². The average molecular weight is 450 g/mol. The lowest BCUT2D eigenvalue weighted by Crippen LogP contribution is -2.31. The number of fused-ring (bicyclic) bond motifs is 3. The number of hydrogen-bond acceptors (Lipinski definition) is 6. The molecule has 9 heteroatoms. The van der Waals surface area contributed by atoms with Gasteiger partial charge in [-0.1, -0.05) is 0 Å². The number of rotatable bonds is 4. The molecule has 1 aromatic carbocycles. The summed E-state index contributed by atoms with van der Waals surface area (Å²) in [7, 11) is 0. The molecule has 1 saturated carbocycles. The average Bonchev–Trinajstić information content (AvgIpc) is 3.60. The zero-order valence-electron chi connectivity index (χ0n) is 18.7. The fourth-order valence-corrected chi connectivity index (χ4v) is 3.75. The standard InChI is InChI=1S/C24H28FN7O/c1-13-20-8-18(25)5-6-19(20)24(32-14(2)27)31-12-17(9-26)22(29-10-15-3-4-15)16-7-21(33-13)23(28)30-11-16/h5-9,11,13,15,26,29H,3-4,10,12H2,1-2H3,(H2,28,30)(H2,27,31,32)/b22-17+,26-9?. The molecule has 0 amide bonds. The van der Waals surface area contributed by atoms with Gasteiger partial charge in [0.2, 0.25) is 0 Å². The van der Waals surface area contributed by atoms with Crippen LogP contribution in [0.25, 0.3) is 5.70 Å². The first-order valence-electron chi connectivity index (χ1n) is 10.9. The molecule has 1 unspecified atom stereocenters. The summed E-state index contributed by atoms with van der Waals surface area (Å²) in [5.74, 6) is 1.31. The Hall–Kier alpha value is -3.75. The van der Waals surface area contributed by atoms with Crippen molar-refractivity contribution in [2.45, 2.75) is 32.8 Å². The van der Waals surface area contributed by atoms with E-state index >= 15 is 0 Å². The molecule has 0 saturated heterocycles. The first-order valence-corrected chi connectivity index (χ1v) is 10.9. The van der Waals surface area contributed by atoms with Crippen molar-refractivity contribution in [3.8, 4) is 5.75 Å². The maximum absolute atomic E-state index is 14.2. The van der Waals surface area contributed by atoms with Gasteiger partial charge in [0.25, 0.3) is 0 Å². The van der Waals surface area contributed by atoms with Gasteiger partial charge >= 0.3 is 0 Å². The van der Waals surface area contributed by atoms with Crippen molar-refractivity contribution < 1.29 is 9.13 Å². The largest absolute Gasteiger partial charge is 0.482 e. The van der Waals surface area contributed by atoms with E-state index in [0.29, 0.717) is 34.2 Å². The Bertz CT molecular complexity index is 1150. The predicted octanol–water partition coefficient (Wildman–Crippen LogP) is 3.65. The molecule has 0 spiro atoms. The first-order chi connectivity index (χ1) is 15.9. The number of nitrogens with one attached hydrogen (secondary N) is 4. The minimum Gasteiger partial charge on any atom is -0.482 e. The van der Waals surface area contributed by atoms with E-state index in [4.69, 9.17) is 21.3 Å². The van der Waals surface area contributed by atoms with E-state index in [1.165, 1.54) is 31.2 Å². The first kappa shape index (κ1) is 22.4. The summed E-state index contributed by atoms with van der Waals surface area (Å²) < 4.78 is 20.3. The third-order valence-electron chi connectivity index (χ3n) is 5.67. The second-order valence-corrected chi connectivity index (χ2v) is 8.37. The van der Waals surface area contributed by atoms with E-state index < -0.39 is 11.9 Å². The summed E-state index contributed by atoms with van der Waals surface area (Å²) in [4.78, 5) is 8.66. The Labute approximate surface area is 192 Å². The number of benzene rings is 1. The van der Waals surface area contributed by atoms with Gasteiger partial charge in [-0.05, 0) is 56.9 Å². The maximum Gasteiger partial charge on any atom is 0.166 e. The Morgan fingerprint density at radius 1 is 1.39 bits per heavy atom. The molecule has 2 bridgehead atoms. The van der Waals surface area contributed by atoms with E-state index in [0.717, 1.165) is 17.8 Å². The highest BCUT2D eigenvalue weighted by molar-refractivity contribution is 6.06. The van der Waals surface area contributed by atoms with Crippen molar-refractivity contribution in [2.75, 3.05) is 18.8 Å². The number of anilines is 1. The third-order valence-corrected chi connectivity index (χ3v) is 5.67. The number of pyridine rings is 1. The topological polar surface area (TPSA) is 132 Å². The lowest BCUT2D eigenvalue weighted by molar-refractivity contribution is 0.227. The predicted molar refractivity (Wildman–Crippen MR) is 128 cm³/mol. The highest BCUT2D eigenvalue weighted by Gasteiger charge is 2.24. The molecule has 6 N–H and O–H groups in total. The Balaban J connectivity index is 1.87. The second kappa shape index (κ2) is 9.40. The van der Waals surface area contributed by atoms with Crippen molar-refractivity contribution >= 4 is 29.4 Å². The monoisotopic (exact) mass is 449 g/mol. The van der Waals surface area contributed by atoms with Gasteiger partial charge in [0.05, 0.1) is 0 Å². The van der Waals surface area contributed by atoms with E-state index in [1.54, 1.807) is 32.2 Å². The molecule has 0 radical (unpaired) electrons. The molecule has 1 aliphatic carbocycles. The van der Waals surface area contributed by atoms with Crippen LogP contribution in [0.5, 0.6) is 5.75 Å². The normalized spacial score (nSPS) is 21.7. The molecule has 1 aliphatic heterocycles. The van der Waals surface area contributed by atoms with Crippen LogP contribution in [0.15, 0.2) is 41.0 Å². The number of aromatic nitrogens is 1. The van der Waals surface area contributed by atoms with Gasteiger partial charge < -0.3 is 26.5 Å². The number of nitrogens with two attached hydrogens (primary N) is 1. The maximum atomic E-state index is 14.2. The number of nitrogens with zero attached hydrogens (tertiary/aromatic N) is 2. The van der Waals surface area contributed by atoms with Crippen LogP contribution in [0.2, 0.25) is 0 Å². The summed E-state index contributed by atoms with van der Waals surface area (Å²) in [6.07, 6.45) is 4.75. The molecule has 4 rings (SSSR count). The van der Waals surface area contributed by atoms with Gasteiger partial charge in [0, 0.05) is 53.5 Å². The number of hydrogen-bond donors (Lipinski definition) is 5. The molecule has 1 atom stereocenters. The van der Waals surface area contributed by atoms with Crippen molar-refractivity contribution in [2.24, 2.45) is 10.9 Å². The molecule has 1 fully saturated rings. The van der Waals surface area contributed by atoms with Crippen molar-refractivity contribution in [1.82, 2.24) is 15.6 Å². The van der Waals surface area contributed by atoms with Crippen molar-refractivity contribution in [1.29, 1.82) is 10.8 Å².